The fourth-order valence-corrected chi connectivity index (χ4v) is 3.91. The van der Waals surface area contributed by atoms with E-state index < -0.39 is 16.0 Å². The highest BCUT2D eigenvalue weighted by atomic mass is 32.2. The molecule has 10 heteroatoms. The largest absolute Gasteiger partial charge is 0.494 e. The summed E-state index contributed by atoms with van der Waals surface area (Å²) in [4.78, 5) is 15.8. The molecule has 0 aliphatic carbocycles. The maximum atomic E-state index is 12.7. The molecule has 31 heavy (non-hydrogen) atoms. The number of sulfonamides is 1. The lowest BCUT2D eigenvalue weighted by Gasteiger charge is -2.15. The van der Waals surface area contributed by atoms with Gasteiger partial charge in [-0.05, 0) is 48.9 Å². The smallest absolute Gasteiger partial charge is 0.337 e. The summed E-state index contributed by atoms with van der Waals surface area (Å²) in [5.74, 6) is 0.565. The highest BCUT2D eigenvalue weighted by Gasteiger charge is 2.22. The van der Waals surface area contributed by atoms with Gasteiger partial charge in [0.25, 0.3) is 0 Å². The van der Waals surface area contributed by atoms with Crippen LogP contribution in [0.15, 0.2) is 53.1 Å². The normalized spacial score (nSPS) is 11.5. The van der Waals surface area contributed by atoms with Crippen LogP contribution in [0.3, 0.4) is 0 Å². The van der Waals surface area contributed by atoms with Crippen molar-refractivity contribution >= 4 is 16.0 Å². The van der Waals surface area contributed by atoms with Crippen LogP contribution in [0.4, 0.5) is 0 Å². The monoisotopic (exact) mass is 445 g/mol. The molecule has 0 aliphatic rings. The number of hydrogen-bond acceptors (Lipinski definition) is 8. The molecule has 1 aromatic heterocycles. The molecule has 0 radical (unpaired) electrons. The summed E-state index contributed by atoms with van der Waals surface area (Å²) in [6, 6.07) is 13.4. The SMILES string of the molecule is CCOc1ccc(-c2noc(CN(C)S(=O)(=O)Cc3ccc(C(=O)OC)cc3)n2)cc1. The van der Waals surface area contributed by atoms with Gasteiger partial charge in [0.05, 0.1) is 31.6 Å². The maximum absolute atomic E-state index is 12.7. The van der Waals surface area contributed by atoms with E-state index in [0.717, 1.165) is 15.6 Å². The van der Waals surface area contributed by atoms with Gasteiger partial charge in [0, 0.05) is 12.6 Å². The first-order valence-corrected chi connectivity index (χ1v) is 11.1. The highest BCUT2D eigenvalue weighted by molar-refractivity contribution is 7.88. The van der Waals surface area contributed by atoms with Gasteiger partial charge in [0.2, 0.25) is 21.7 Å². The zero-order valence-corrected chi connectivity index (χ0v) is 18.3. The number of methoxy groups -OCH3 is 1. The predicted molar refractivity (Wildman–Crippen MR) is 113 cm³/mol. The topological polar surface area (TPSA) is 112 Å². The molecular formula is C21H23N3O6S. The lowest BCUT2D eigenvalue weighted by Crippen LogP contribution is -2.27. The molecule has 3 rings (SSSR count). The first-order valence-electron chi connectivity index (χ1n) is 9.49. The summed E-state index contributed by atoms with van der Waals surface area (Å²) in [7, 11) is -0.915. The number of esters is 1. The van der Waals surface area contributed by atoms with E-state index in [1.54, 1.807) is 36.4 Å². The quantitative estimate of drug-likeness (QED) is 0.462. The zero-order valence-electron chi connectivity index (χ0n) is 17.4. The molecular weight excluding hydrogens is 422 g/mol. The molecule has 9 nitrogen and oxygen atoms in total. The second-order valence-corrected chi connectivity index (χ2v) is 8.75. The molecule has 0 N–H and O–H groups in total. The average Bonchev–Trinajstić information content (AvgIpc) is 3.22. The predicted octanol–water partition coefficient (Wildman–Crippen LogP) is 2.88. The molecule has 0 saturated heterocycles. The Bertz CT molecular complexity index is 1120. The molecule has 0 unspecified atom stereocenters. The summed E-state index contributed by atoms with van der Waals surface area (Å²) in [5, 5.41) is 3.92. The van der Waals surface area contributed by atoms with Crippen molar-refractivity contribution in [3.05, 3.63) is 65.5 Å². The molecule has 0 fully saturated rings. The number of benzene rings is 2. The van der Waals surface area contributed by atoms with Crippen LogP contribution in [0.25, 0.3) is 11.4 Å². The minimum absolute atomic E-state index is 0.0629. The molecule has 0 atom stereocenters. The van der Waals surface area contributed by atoms with Crippen LogP contribution in [-0.2, 0) is 27.1 Å². The second kappa shape index (κ2) is 9.71. The Balaban J connectivity index is 1.65. The van der Waals surface area contributed by atoms with Crippen LogP contribution in [0.1, 0.15) is 28.7 Å². The number of carbonyl (C=O) groups excluding carboxylic acids is 1. The van der Waals surface area contributed by atoms with E-state index in [4.69, 9.17) is 9.26 Å². The highest BCUT2D eigenvalue weighted by Crippen LogP contribution is 2.21. The van der Waals surface area contributed by atoms with Crippen molar-refractivity contribution in [2.45, 2.75) is 19.2 Å². The van der Waals surface area contributed by atoms with Crippen molar-refractivity contribution < 1.29 is 27.2 Å². The summed E-state index contributed by atoms with van der Waals surface area (Å²) in [6.07, 6.45) is 0. The maximum Gasteiger partial charge on any atom is 0.337 e. The fraction of sp³-hybridized carbons (Fsp3) is 0.286. The molecule has 0 bridgehead atoms. The molecule has 0 aliphatic heterocycles. The van der Waals surface area contributed by atoms with E-state index in [1.165, 1.54) is 26.3 Å². The van der Waals surface area contributed by atoms with Crippen LogP contribution in [-0.4, -0.2) is 49.6 Å². The first-order chi connectivity index (χ1) is 14.8. The first kappa shape index (κ1) is 22.4. The molecule has 0 saturated carbocycles. The standard InChI is InChI=1S/C21H23N3O6S/c1-4-29-18-11-9-16(10-12-18)20-22-19(30-23-20)13-24(2)31(26,27)14-15-5-7-17(8-6-15)21(25)28-3/h5-12H,4,13-14H2,1-3H3. The van der Waals surface area contributed by atoms with Crippen LogP contribution in [0, 0.1) is 0 Å². The third kappa shape index (κ3) is 5.68. The van der Waals surface area contributed by atoms with Gasteiger partial charge < -0.3 is 14.0 Å². The average molecular weight is 445 g/mol. The van der Waals surface area contributed by atoms with E-state index in [2.05, 4.69) is 14.9 Å². The van der Waals surface area contributed by atoms with Crippen molar-refractivity contribution in [1.82, 2.24) is 14.4 Å². The van der Waals surface area contributed by atoms with Gasteiger partial charge in [-0.3, -0.25) is 0 Å². The number of nitrogens with zero attached hydrogens (tertiary/aromatic N) is 3. The Hall–Kier alpha value is -3.24. The molecule has 0 amide bonds. The summed E-state index contributed by atoms with van der Waals surface area (Å²) >= 11 is 0. The molecule has 0 spiro atoms. The summed E-state index contributed by atoms with van der Waals surface area (Å²) in [5.41, 5.74) is 1.62. The van der Waals surface area contributed by atoms with Crippen LogP contribution in [0.2, 0.25) is 0 Å². The van der Waals surface area contributed by atoms with Crippen LogP contribution >= 0.6 is 0 Å². The van der Waals surface area contributed by atoms with E-state index in [9.17, 15) is 13.2 Å². The molecule has 3 aromatic rings. The zero-order chi connectivity index (χ0) is 22.4. The number of hydrogen-bond donors (Lipinski definition) is 0. The Morgan fingerprint density at radius 3 is 2.39 bits per heavy atom. The van der Waals surface area contributed by atoms with Gasteiger partial charge in [-0.2, -0.15) is 9.29 Å². The lowest BCUT2D eigenvalue weighted by atomic mass is 10.1. The lowest BCUT2D eigenvalue weighted by molar-refractivity contribution is 0.0600. The second-order valence-electron chi connectivity index (χ2n) is 6.67. The van der Waals surface area contributed by atoms with Gasteiger partial charge in [0.1, 0.15) is 5.75 Å². The van der Waals surface area contributed by atoms with Gasteiger partial charge in [-0.25, -0.2) is 13.2 Å². The Labute approximate surface area is 180 Å². The van der Waals surface area contributed by atoms with E-state index in [0.29, 0.717) is 23.6 Å². The summed E-state index contributed by atoms with van der Waals surface area (Å²) < 4.78 is 41.8. The van der Waals surface area contributed by atoms with Crippen molar-refractivity contribution in [2.24, 2.45) is 0 Å². The van der Waals surface area contributed by atoms with Gasteiger partial charge in [0.15, 0.2) is 0 Å². The minimum Gasteiger partial charge on any atom is -0.494 e. The molecule has 1 heterocycles. The number of ether oxygens (including phenoxy) is 2. The Morgan fingerprint density at radius 2 is 1.77 bits per heavy atom. The van der Waals surface area contributed by atoms with Crippen molar-refractivity contribution in [1.29, 1.82) is 0 Å². The van der Waals surface area contributed by atoms with Gasteiger partial charge in [-0.1, -0.05) is 17.3 Å². The van der Waals surface area contributed by atoms with Crippen molar-refractivity contribution in [3.8, 4) is 17.1 Å². The van der Waals surface area contributed by atoms with Crippen LogP contribution < -0.4 is 4.74 Å². The van der Waals surface area contributed by atoms with Crippen molar-refractivity contribution in [3.63, 3.8) is 0 Å². The Morgan fingerprint density at radius 1 is 1.10 bits per heavy atom. The molecule has 164 valence electrons. The molecule has 2 aromatic carbocycles. The number of aromatic nitrogens is 2. The van der Waals surface area contributed by atoms with Crippen molar-refractivity contribution in [2.75, 3.05) is 20.8 Å². The van der Waals surface area contributed by atoms with Gasteiger partial charge in [-0.15, -0.1) is 0 Å². The van der Waals surface area contributed by atoms with E-state index in [-0.39, 0.29) is 18.2 Å². The van der Waals surface area contributed by atoms with Gasteiger partial charge >= 0.3 is 5.97 Å². The fourth-order valence-electron chi connectivity index (χ4n) is 2.77. The third-order valence-electron chi connectivity index (χ3n) is 4.45. The minimum atomic E-state index is -3.64. The number of rotatable bonds is 9. The van der Waals surface area contributed by atoms with Crippen LogP contribution in [0.5, 0.6) is 5.75 Å². The Kier molecular flexibility index (Phi) is 7.03. The third-order valence-corrected chi connectivity index (χ3v) is 6.23. The van der Waals surface area contributed by atoms with E-state index in [1.807, 2.05) is 6.92 Å². The summed E-state index contributed by atoms with van der Waals surface area (Å²) in [6.45, 7) is 2.41. The number of carbonyl (C=O) groups is 1. The van der Waals surface area contributed by atoms with E-state index >= 15 is 0 Å².